The van der Waals surface area contributed by atoms with Crippen molar-refractivity contribution in [1.82, 2.24) is 4.90 Å². The predicted molar refractivity (Wildman–Crippen MR) is 77.7 cm³/mol. The fraction of sp³-hybridized carbons (Fsp3) is 0.571. The number of fused-ring (bicyclic) bond motifs is 1. The van der Waals surface area contributed by atoms with Crippen molar-refractivity contribution in [2.45, 2.75) is 44.2 Å². The Balaban J connectivity index is 0.00000108. The van der Waals surface area contributed by atoms with E-state index in [1.807, 2.05) is 0 Å². The molecule has 2 saturated heterocycles. The van der Waals surface area contributed by atoms with Gasteiger partial charge in [0.25, 0.3) is 0 Å². The van der Waals surface area contributed by atoms with Gasteiger partial charge in [-0.05, 0) is 43.9 Å². The molecule has 2 aliphatic heterocycles. The van der Waals surface area contributed by atoms with Crippen molar-refractivity contribution < 1.29 is 0 Å². The molecular weight excluding hydrogens is 298 g/mol. The topological polar surface area (TPSA) is 3.24 Å². The molecule has 2 heterocycles. The molecular formula is C14H19BrClN. The number of rotatable bonds is 1. The largest absolute Gasteiger partial charge is 0.293 e. The van der Waals surface area contributed by atoms with Gasteiger partial charge in [0.2, 0.25) is 0 Å². The lowest BCUT2D eigenvalue weighted by Gasteiger charge is -2.34. The summed E-state index contributed by atoms with van der Waals surface area (Å²) in [5.41, 5.74) is 1.49. The van der Waals surface area contributed by atoms with Gasteiger partial charge in [-0.2, -0.15) is 0 Å². The zero-order valence-corrected chi connectivity index (χ0v) is 12.3. The maximum absolute atomic E-state index is 3.70. The fourth-order valence-electron chi connectivity index (χ4n) is 3.34. The van der Waals surface area contributed by atoms with E-state index in [1.54, 1.807) is 0 Å². The molecule has 94 valence electrons. The molecule has 0 aliphatic carbocycles. The molecule has 0 aromatic heterocycles. The van der Waals surface area contributed by atoms with Crippen LogP contribution in [-0.4, -0.2) is 17.5 Å². The van der Waals surface area contributed by atoms with Crippen LogP contribution < -0.4 is 0 Å². The maximum atomic E-state index is 3.70. The van der Waals surface area contributed by atoms with E-state index in [4.69, 9.17) is 0 Å². The van der Waals surface area contributed by atoms with Crippen molar-refractivity contribution in [3.8, 4) is 0 Å². The smallest absolute Gasteiger partial charge is 0.0362 e. The van der Waals surface area contributed by atoms with E-state index in [9.17, 15) is 0 Å². The Kier molecular flexibility index (Phi) is 4.51. The molecule has 0 saturated carbocycles. The Morgan fingerprint density at radius 2 is 1.88 bits per heavy atom. The van der Waals surface area contributed by atoms with E-state index in [-0.39, 0.29) is 12.4 Å². The van der Waals surface area contributed by atoms with Crippen LogP contribution in [0, 0.1) is 0 Å². The summed E-state index contributed by atoms with van der Waals surface area (Å²) in [5.74, 6) is 0. The number of piperidine rings is 1. The van der Waals surface area contributed by atoms with Gasteiger partial charge in [0.05, 0.1) is 0 Å². The van der Waals surface area contributed by atoms with Gasteiger partial charge in [-0.3, -0.25) is 4.90 Å². The van der Waals surface area contributed by atoms with Crippen LogP contribution in [0.25, 0.3) is 0 Å². The molecule has 2 fully saturated rings. The predicted octanol–water partition coefficient (Wildman–Crippen LogP) is 4.56. The van der Waals surface area contributed by atoms with Crippen LogP contribution in [0.1, 0.15) is 43.7 Å². The SMILES string of the molecule is Brc1ccccc1C1CCC2CCCCN21.Cl. The first kappa shape index (κ1) is 13.4. The second kappa shape index (κ2) is 5.73. The summed E-state index contributed by atoms with van der Waals surface area (Å²) >= 11 is 3.70. The summed E-state index contributed by atoms with van der Waals surface area (Å²) in [7, 11) is 0. The number of nitrogens with zero attached hydrogens (tertiary/aromatic N) is 1. The highest BCUT2D eigenvalue weighted by Crippen LogP contribution is 2.42. The van der Waals surface area contributed by atoms with Crippen LogP contribution in [0.15, 0.2) is 28.7 Å². The third-order valence-electron chi connectivity index (χ3n) is 4.11. The van der Waals surface area contributed by atoms with E-state index < -0.39 is 0 Å². The number of benzene rings is 1. The number of halogens is 2. The normalized spacial score (nSPS) is 28.5. The molecule has 3 heteroatoms. The summed E-state index contributed by atoms with van der Waals surface area (Å²) in [4.78, 5) is 2.74. The van der Waals surface area contributed by atoms with Gasteiger partial charge in [-0.1, -0.05) is 40.5 Å². The highest BCUT2D eigenvalue weighted by molar-refractivity contribution is 9.10. The molecule has 2 unspecified atom stereocenters. The van der Waals surface area contributed by atoms with E-state index in [2.05, 4.69) is 45.1 Å². The van der Waals surface area contributed by atoms with Crippen molar-refractivity contribution in [1.29, 1.82) is 0 Å². The maximum Gasteiger partial charge on any atom is 0.0362 e. The van der Waals surface area contributed by atoms with Gasteiger partial charge >= 0.3 is 0 Å². The van der Waals surface area contributed by atoms with Gasteiger partial charge in [0.15, 0.2) is 0 Å². The summed E-state index contributed by atoms with van der Waals surface area (Å²) < 4.78 is 1.28. The molecule has 0 bridgehead atoms. The van der Waals surface area contributed by atoms with Crippen molar-refractivity contribution in [2.24, 2.45) is 0 Å². The van der Waals surface area contributed by atoms with Crippen molar-refractivity contribution in [3.05, 3.63) is 34.3 Å². The van der Waals surface area contributed by atoms with Crippen LogP contribution in [0.2, 0.25) is 0 Å². The first-order valence-corrected chi connectivity index (χ1v) is 7.16. The molecule has 1 nitrogen and oxygen atoms in total. The highest BCUT2D eigenvalue weighted by Gasteiger charge is 2.35. The van der Waals surface area contributed by atoms with Crippen LogP contribution in [-0.2, 0) is 0 Å². The second-order valence-electron chi connectivity index (χ2n) is 5.00. The average molecular weight is 317 g/mol. The molecule has 2 atom stereocenters. The Hall–Kier alpha value is -0.0500. The van der Waals surface area contributed by atoms with E-state index in [1.165, 1.54) is 48.7 Å². The van der Waals surface area contributed by atoms with Gasteiger partial charge < -0.3 is 0 Å². The first-order chi connectivity index (χ1) is 7.86. The van der Waals surface area contributed by atoms with Gasteiger partial charge in [0.1, 0.15) is 0 Å². The minimum absolute atomic E-state index is 0. The number of hydrogen-bond donors (Lipinski definition) is 0. The fourth-order valence-corrected chi connectivity index (χ4v) is 3.89. The Bertz CT molecular complexity index is 382. The molecule has 1 aromatic rings. The zero-order valence-electron chi connectivity index (χ0n) is 9.94. The van der Waals surface area contributed by atoms with Crippen LogP contribution in [0.4, 0.5) is 0 Å². The molecule has 0 radical (unpaired) electrons. The minimum atomic E-state index is 0. The molecule has 3 rings (SSSR count). The van der Waals surface area contributed by atoms with Crippen molar-refractivity contribution in [2.75, 3.05) is 6.54 Å². The summed E-state index contributed by atoms with van der Waals surface area (Å²) in [6.45, 7) is 1.30. The molecule has 0 amide bonds. The third-order valence-corrected chi connectivity index (χ3v) is 4.83. The first-order valence-electron chi connectivity index (χ1n) is 6.36. The van der Waals surface area contributed by atoms with Crippen molar-refractivity contribution >= 4 is 28.3 Å². The average Bonchev–Trinajstić information content (AvgIpc) is 2.74. The van der Waals surface area contributed by atoms with E-state index in [0.29, 0.717) is 6.04 Å². The molecule has 2 aliphatic rings. The lowest BCUT2D eigenvalue weighted by molar-refractivity contribution is 0.149. The summed E-state index contributed by atoms with van der Waals surface area (Å²) in [5, 5.41) is 0. The summed E-state index contributed by atoms with van der Waals surface area (Å²) in [6.07, 6.45) is 6.97. The lowest BCUT2D eigenvalue weighted by Crippen LogP contribution is -2.35. The molecule has 0 spiro atoms. The quantitative estimate of drug-likeness (QED) is 0.734. The third kappa shape index (κ3) is 2.54. The van der Waals surface area contributed by atoms with Crippen LogP contribution in [0.5, 0.6) is 0 Å². The Labute approximate surface area is 118 Å². The van der Waals surface area contributed by atoms with Crippen molar-refractivity contribution in [3.63, 3.8) is 0 Å². The summed E-state index contributed by atoms with van der Waals surface area (Å²) in [6, 6.07) is 10.3. The Morgan fingerprint density at radius 3 is 2.71 bits per heavy atom. The minimum Gasteiger partial charge on any atom is -0.293 e. The van der Waals surface area contributed by atoms with E-state index >= 15 is 0 Å². The Morgan fingerprint density at radius 1 is 1.06 bits per heavy atom. The second-order valence-corrected chi connectivity index (χ2v) is 5.86. The zero-order chi connectivity index (χ0) is 11.0. The van der Waals surface area contributed by atoms with E-state index in [0.717, 1.165) is 6.04 Å². The highest BCUT2D eigenvalue weighted by atomic mass is 79.9. The molecule has 0 N–H and O–H groups in total. The van der Waals surface area contributed by atoms with Gasteiger partial charge in [0, 0.05) is 16.6 Å². The van der Waals surface area contributed by atoms with Crippen LogP contribution in [0.3, 0.4) is 0 Å². The standard InChI is InChI=1S/C14H18BrN.ClH/c15-13-7-2-1-6-12(13)14-9-8-11-5-3-4-10-16(11)14;/h1-2,6-7,11,14H,3-5,8-10H2;1H. The number of hydrogen-bond acceptors (Lipinski definition) is 1. The molecule has 17 heavy (non-hydrogen) atoms. The lowest BCUT2D eigenvalue weighted by atomic mass is 10.0. The molecule has 1 aromatic carbocycles. The van der Waals surface area contributed by atoms with Crippen LogP contribution >= 0.6 is 28.3 Å². The van der Waals surface area contributed by atoms with Gasteiger partial charge in [-0.25, -0.2) is 0 Å². The van der Waals surface area contributed by atoms with Gasteiger partial charge in [-0.15, -0.1) is 12.4 Å². The monoisotopic (exact) mass is 315 g/mol.